The highest BCUT2D eigenvalue weighted by Crippen LogP contribution is 2.16. The third-order valence-corrected chi connectivity index (χ3v) is 10.2. The first-order valence-corrected chi connectivity index (χ1v) is 22.7. The van der Waals surface area contributed by atoms with Crippen LogP contribution in [-0.2, 0) is 28.6 Å². The molecule has 0 N–H and O–H groups in total. The van der Waals surface area contributed by atoms with Gasteiger partial charge in [0.1, 0.15) is 13.2 Å². The molecule has 0 unspecified atom stereocenters. The van der Waals surface area contributed by atoms with Crippen molar-refractivity contribution in [3.8, 4) is 0 Å². The monoisotopic (exact) mass is 737 g/mol. The molecule has 0 heterocycles. The lowest BCUT2D eigenvalue weighted by atomic mass is 10.0. The maximum Gasteiger partial charge on any atom is 0.306 e. The van der Waals surface area contributed by atoms with Crippen LogP contribution >= 0.6 is 0 Å². The van der Waals surface area contributed by atoms with Crippen molar-refractivity contribution < 1.29 is 28.6 Å². The van der Waals surface area contributed by atoms with E-state index in [-0.39, 0.29) is 31.1 Å². The van der Waals surface area contributed by atoms with E-state index >= 15 is 0 Å². The molecule has 0 aliphatic rings. The second kappa shape index (κ2) is 39.1. The van der Waals surface area contributed by atoms with E-state index in [9.17, 15) is 14.4 Å². The molecule has 0 aliphatic heterocycles. The standard InChI is InChI=1S/C46H88O6/c1-6-7-8-9-10-11-12-13-14-21-26-31-36-44(47)50-39-43(52-46(49)38-33-28-23-18-16-20-25-30-35-42(4)5)40-51-45(48)37-32-27-22-17-15-19-24-29-34-41(2)3/h41-43H,6-40H2,1-5H3/t43-/m0/s1. The van der Waals surface area contributed by atoms with Gasteiger partial charge in [0, 0.05) is 19.3 Å². The molecule has 0 radical (unpaired) electrons. The Balaban J connectivity index is 4.34. The van der Waals surface area contributed by atoms with Gasteiger partial charge < -0.3 is 14.2 Å². The van der Waals surface area contributed by atoms with Crippen molar-refractivity contribution in [3.05, 3.63) is 0 Å². The van der Waals surface area contributed by atoms with Gasteiger partial charge in [-0.3, -0.25) is 14.4 Å². The summed E-state index contributed by atoms with van der Waals surface area (Å²) in [6.07, 6.45) is 36.6. The fraction of sp³-hybridized carbons (Fsp3) is 0.935. The molecule has 0 saturated heterocycles. The fourth-order valence-electron chi connectivity index (χ4n) is 6.75. The smallest absolute Gasteiger partial charge is 0.306 e. The molecule has 52 heavy (non-hydrogen) atoms. The Bertz CT molecular complexity index is 794. The third-order valence-electron chi connectivity index (χ3n) is 10.2. The van der Waals surface area contributed by atoms with Crippen molar-refractivity contribution in [2.45, 2.75) is 253 Å². The summed E-state index contributed by atoms with van der Waals surface area (Å²) in [6, 6.07) is 0. The van der Waals surface area contributed by atoms with Gasteiger partial charge in [0.05, 0.1) is 0 Å². The molecule has 308 valence electrons. The first-order chi connectivity index (χ1) is 25.2. The molecule has 6 heteroatoms. The lowest BCUT2D eigenvalue weighted by molar-refractivity contribution is -0.167. The zero-order chi connectivity index (χ0) is 38.3. The Labute approximate surface area is 323 Å². The summed E-state index contributed by atoms with van der Waals surface area (Å²) in [6.45, 7) is 11.3. The summed E-state index contributed by atoms with van der Waals surface area (Å²) in [4.78, 5) is 37.7. The predicted octanol–water partition coefficient (Wildman–Crippen LogP) is 14.2. The maximum atomic E-state index is 12.7. The van der Waals surface area contributed by atoms with Crippen LogP contribution in [-0.4, -0.2) is 37.2 Å². The predicted molar refractivity (Wildman–Crippen MR) is 220 cm³/mol. The molecular weight excluding hydrogens is 648 g/mol. The number of esters is 3. The van der Waals surface area contributed by atoms with Crippen LogP contribution in [0.1, 0.15) is 247 Å². The van der Waals surface area contributed by atoms with Crippen molar-refractivity contribution in [1.29, 1.82) is 0 Å². The van der Waals surface area contributed by atoms with Crippen LogP contribution in [0.3, 0.4) is 0 Å². The summed E-state index contributed by atoms with van der Waals surface area (Å²) < 4.78 is 16.7. The summed E-state index contributed by atoms with van der Waals surface area (Å²) in [5, 5.41) is 0. The van der Waals surface area contributed by atoms with E-state index in [0.717, 1.165) is 69.6 Å². The number of hydrogen-bond acceptors (Lipinski definition) is 6. The molecule has 0 fully saturated rings. The summed E-state index contributed by atoms with van der Waals surface area (Å²) in [5.41, 5.74) is 0. The normalized spacial score (nSPS) is 12.1. The van der Waals surface area contributed by atoms with E-state index in [1.165, 1.54) is 135 Å². The van der Waals surface area contributed by atoms with Gasteiger partial charge in [0.25, 0.3) is 0 Å². The van der Waals surface area contributed by atoms with Crippen LogP contribution in [0, 0.1) is 11.8 Å². The lowest BCUT2D eigenvalue weighted by Crippen LogP contribution is -2.30. The summed E-state index contributed by atoms with van der Waals surface area (Å²) in [5.74, 6) is 0.729. The Morgan fingerprint density at radius 1 is 0.365 bits per heavy atom. The zero-order valence-corrected chi connectivity index (χ0v) is 35.4. The van der Waals surface area contributed by atoms with Gasteiger partial charge in [-0.2, -0.15) is 0 Å². The van der Waals surface area contributed by atoms with Crippen LogP contribution in [0.4, 0.5) is 0 Å². The highest BCUT2D eigenvalue weighted by molar-refractivity contribution is 5.71. The van der Waals surface area contributed by atoms with Gasteiger partial charge in [-0.05, 0) is 31.1 Å². The van der Waals surface area contributed by atoms with Crippen molar-refractivity contribution >= 4 is 17.9 Å². The van der Waals surface area contributed by atoms with E-state index < -0.39 is 6.10 Å². The third kappa shape index (κ3) is 39.6. The minimum atomic E-state index is -0.760. The first-order valence-electron chi connectivity index (χ1n) is 22.7. The van der Waals surface area contributed by atoms with Crippen molar-refractivity contribution in [2.24, 2.45) is 11.8 Å². The molecule has 0 aromatic rings. The van der Waals surface area contributed by atoms with Crippen molar-refractivity contribution in [1.82, 2.24) is 0 Å². The highest BCUT2D eigenvalue weighted by Gasteiger charge is 2.19. The average molecular weight is 737 g/mol. The van der Waals surface area contributed by atoms with Crippen LogP contribution < -0.4 is 0 Å². The molecule has 0 bridgehead atoms. The van der Waals surface area contributed by atoms with E-state index in [4.69, 9.17) is 14.2 Å². The topological polar surface area (TPSA) is 78.9 Å². The number of carbonyl (C=O) groups excluding carboxylic acids is 3. The van der Waals surface area contributed by atoms with Gasteiger partial charge in [-0.15, -0.1) is 0 Å². The molecule has 6 nitrogen and oxygen atoms in total. The Morgan fingerprint density at radius 2 is 0.635 bits per heavy atom. The molecule has 0 amide bonds. The second-order valence-electron chi connectivity index (χ2n) is 16.6. The number of unbranched alkanes of at least 4 members (excludes halogenated alkanes) is 25. The molecule has 0 rings (SSSR count). The van der Waals surface area contributed by atoms with Crippen LogP contribution in [0.15, 0.2) is 0 Å². The van der Waals surface area contributed by atoms with E-state index in [2.05, 4.69) is 34.6 Å². The number of hydrogen-bond donors (Lipinski definition) is 0. The molecular formula is C46H88O6. The Hall–Kier alpha value is -1.59. The molecule has 0 aromatic carbocycles. The van der Waals surface area contributed by atoms with Crippen LogP contribution in [0.5, 0.6) is 0 Å². The SMILES string of the molecule is CCCCCCCCCCCCCCC(=O)OC[C@@H](COC(=O)CCCCCCCCCCC(C)C)OC(=O)CCCCCCCCCCC(C)C. The molecule has 0 aromatic heterocycles. The maximum absolute atomic E-state index is 12.7. The molecule has 1 atom stereocenters. The van der Waals surface area contributed by atoms with Gasteiger partial charge in [0.15, 0.2) is 6.10 Å². The number of ether oxygens (including phenoxy) is 3. The summed E-state index contributed by atoms with van der Waals surface area (Å²) in [7, 11) is 0. The van der Waals surface area contributed by atoms with Crippen LogP contribution in [0.2, 0.25) is 0 Å². The quantitative estimate of drug-likeness (QED) is 0.0354. The minimum absolute atomic E-state index is 0.0654. The number of rotatable bonds is 40. The van der Waals surface area contributed by atoms with E-state index in [1.807, 2.05) is 0 Å². The largest absolute Gasteiger partial charge is 0.462 e. The lowest BCUT2D eigenvalue weighted by Gasteiger charge is -2.18. The fourth-order valence-corrected chi connectivity index (χ4v) is 6.75. The van der Waals surface area contributed by atoms with Gasteiger partial charge in [0.2, 0.25) is 0 Å². The van der Waals surface area contributed by atoms with Crippen LogP contribution in [0.25, 0.3) is 0 Å². The second-order valence-corrected chi connectivity index (χ2v) is 16.6. The highest BCUT2D eigenvalue weighted by atomic mass is 16.6. The van der Waals surface area contributed by atoms with Gasteiger partial charge >= 0.3 is 17.9 Å². The van der Waals surface area contributed by atoms with Gasteiger partial charge in [-0.1, -0.05) is 208 Å². The molecule has 0 spiro atoms. The number of carbonyl (C=O) groups is 3. The average Bonchev–Trinajstić information content (AvgIpc) is 3.11. The van der Waals surface area contributed by atoms with E-state index in [0.29, 0.717) is 19.3 Å². The Kier molecular flexibility index (Phi) is 37.9. The first kappa shape index (κ1) is 50.4. The summed E-state index contributed by atoms with van der Waals surface area (Å²) >= 11 is 0. The van der Waals surface area contributed by atoms with Gasteiger partial charge in [-0.25, -0.2) is 0 Å². The van der Waals surface area contributed by atoms with Crippen molar-refractivity contribution in [2.75, 3.05) is 13.2 Å². The van der Waals surface area contributed by atoms with E-state index in [1.54, 1.807) is 0 Å². The zero-order valence-electron chi connectivity index (χ0n) is 35.4. The molecule has 0 saturated carbocycles. The minimum Gasteiger partial charge on any atom is -0.462 e. The molecule has 0 aliphatic carbocycles. The Morgan fingerprint density at radius 3 is 0.942 bits per heavy atom. The van der Waals surface area contributed by atoms with Crippen molar-refractivity contribution in [3.63, 3.8) is 0 Å².